The van der Waals surface area contributed by atoms with Crippen molar-refractivity contribution in [3.8, 4) is 0 Å². The molecular formula is C3H3N2O. The summed E-state index contributed by atoms with van der Waals surface area (Å²) in [5.41, 5.74) is 0. The van der Waals surface area contributed by atoms with Gasteiger partial charge in [0.05, 0.1) is 0 Å². The van der Waals surface area contributed by atoms with Gasteiger partial charge in [0.1, 0.15) is 6.20 Å². The molecule has 1 radical (unpaired) electrons. The lowest BCUT2D eigenvalue weighted by Crippen LogP contribution is -2.30. The van der Waals surface area contributed by atoms with Gasteiger partial charge in [-0.25, -0.2) is 0 Å². The lowest BCUT2D eigenvalue weighted by Gasteiger charge is -1.86. The third-order valence-corrected chi connectivity index (χ3v) is 0.473. The number of amidine groups is 1. The molecule has 0 fully saturated rings. The molecule has 0 amide bonds. The van der Waals surface area contributed by atoms with Gasteiger partial charge in [-0.15, -0.1) is 0 Å². The fourth-order valence-corrected chi connectivity index (χ4v) is 0.251. The summed E-state index contributed by atoms with van der Waals surface area (Å²) in [7, 11) is 0. The van der Waals surface area contributed by atoms with E-state index in [9.17, 15) is 5.11 Å². The Hall–Kier alpha value is -0.990. The number of nitrogens with zero attached hydrogens (tertiary/aromatic N) is 1. The molecule has 1 aliphatic heterocycles. The van der Waals surface area contributed by atoms with Crippen molar-refractivity contribution < 1.29 is 5.11 Å². The highest BCUT2D eigenvalue weighted by Gasteiger charge is 1.92. The summed E-state index contributed by atoms with van der Waals surface area (Å²) in [6, 6.07) is -0.282. The summed E-state index contributed by atoms with van der Waals surface area (Å²) in [6.07, 6.45) is 2.91. The van der Waals surface area contributed by atoms with Gasteiger partial charge in [-0.2, -0.15) is 0 Å². The van der Waals surface area contributed by atoms with Crippen LogP contribution in [0.3, 0.4) is 0 Å². The highest BCUT2D eigenvalue weighted by atomic mass is 16.3. The van der Waals surface area contributed by atoms with Crippen molar-refractivity contribution in [2.24, 2.45) is 0 Å². The first kappa shape index (κ1) is 3.21. The zero-order valence-corrected chi connectivity index (χ0v) is 3.01. The molecule has 0 atom stereocenters. The molecule has 1 rings (SSSR count). The summed E-state index contributed by atoms with van der Waals surface area (Å²) in [4.78, 5) is 3.31. The maximum Gasteiger partial charge on any atom is 0.268 e. The van der Waals surface area contributed by atoms with Gasteiger partial charge in [0.2, 0.25) is 0 Å². The van der Waals surface area contributed by atoms with Gasteiger partial charge in [-0.05, 0) is 0 Å². The summed E-state index contributed by atoms with van der Waals surface area (Å²) in [5, 5.41) is 12.2. The van der Waals surface area contributed by atoms with Crippen molar-refractivity contribution in [3.05, 3.63) is 12.4 Å². The largest absolute Gasteiger partial charge is 0.807 e. The second-order valence-corrected chi connectivity index (χ2v) is 0.894. The van der Waals surface area contributed by atoms with E-state index in [4.69, 9.17) is 0 Å². The van der Waals surface area contributed by atoms with Crippen molar-refractivity contribution in [1.82, 2.24) is 10.3 Å². The third-order valence-electron chi connectivity index (χ3n) is 0.473. The second kappa shape index (κ2) is 1.01. The molecule has 3 nitrogen and oxygen atoms in total. The average Bonchev–Trinajstić information content (AvgIpc) is 1.86. The molecule has 3 heteroatoms. The maximum absolute atomic E-state index is 9.90. The zero-order chi connectivity index (χ0) is 4.41. The highest BCUT2D eigenvalue weighted by molar-refractivity contribution is 5.70. The van der Waals surface area contributed by atoms with E-state index in [-0.39, 0.29) is 6.02 Å². The van der Waals surface area contributed by atoms with E-state index in [1.807, 2.05) is 0 Å². The molecule has 0 aliphatic carbocycles. The fourth-order valence-electron chi connectivity index (χ4n) is 0.251. The average molecular weight is 83.1 g/mol. The molecule has 0 aromatic carbocycles. The minimum absolute atomic E-state index is 0.282. The third kappa shape index (κ3) is 0.337. The molecule has 0 aromatic rings. The summed E-state index contributed by atoms with van der Waals surface area (Å²) < 4.78 is 0. The van der Waals surface area contributed by atoms with Crippen molar-refractivity contribution in [2.75, 3.05) is 0 Å². The van der Waals surface area contributed by atoms with Crippen LogP contribution in [0.4, 0.5) is 0 Å². The van der Waals surface area contributed by atoms with Gasteiger partial charge in [-0.3, -0.25) is 5.32 Å². The van der Waals surface area contributed by atoms with Crippen LogP contribution in [0.1, 0.15) is 0 Å². The van der Waals surface area contributed by atoms with E-state index in [1.165, 1.54) is 12.4 Å². The summed E-state index contributed by atoms with van der Waals surface area (Å²) >= 11 is 0. The maximum atomic E-state index is 9.90. The Morgan fingerprint density at radius 2 is 2.67 bits per heavy atom. The predicted molar refractivity (Wildman–Crippen MR) is 19.4 cm³/mol. The summed E-state index contributed by atoms with van der Waals surface area (Å²) in [6.45, 7) is 0. The monoisotopic (exact) mass is 83.0 g/mol. The molecule has 31 valence electrons. The van der Waals surface area contributed by atoms with Gasteiger partial charge in [-0.1, -0.05) is 4.99 Å². The standard InChI is InChI=1S/C3H4N2O/c6-3-4-1-2-5-3/h1-2,4,6H/q+1/p-1. The Morgan fingerprint density at radius 1 is 1.83 bits per heavy atom. The molecule has 6 heavy (non-hydrogen) atoms. The van der Waals surface area contributed by atoms with Gasteiger partial charge in [0, 0.05) is 0 Å². The second-order valence-electron chi connectivity index (χ2n) is 0.894. The minimum atomic E-state index is -0.282. The molecular weight excluding hydrogens is 80.0 g/mol. The lowest BCUT2D eigenvalue weighted by molar-refractivity contribution is -0.220. The van der Waals surface area contributed by atoms with Crippen molar-refractivity contribution >= 4 is 6.02 Å². The lowest BCUT2D eigenvalue weighted by atomic mass is 11.0. The van der Waals surface area contributed by atoms with Crippen LogP contribution in [0.5, 0.6) is 0 Å². The topological polar surface area (TPSA) is 49.2 Å². The number of nitrogens with one attached hydrogen (secondary N) is 1. The first-order valence-electron chi connectivity index (χ1n) is 1.56. The Bertz CT molecular complexity index is 105. The number of hydrogen-bond donors (Lipinski definition) is 1. The van der Waals surface area contributed by atoms with Crippen molar-refractivity contribution in [3.63, 3.8) is 0 Å². The van der Waals surface area contributed by atoms with Crippen LogP contribution in [0, 0.1) is 0 Å². The zero-order valence-electron chi connectivity index (χ0n) is 3.01. The van der Waals surface area contributed by atoms with E-state index in [0.29, 0.717) is 0 Å². The van der Waals surface area contributed by atoms with Crippen LogP contribution in [-0.4, -0.2) is 6.02 Å². The quantitative estimate of drug-likeness (QED) is 0.372. The van der Waals surface area contributed by atoms with Crippen LogP contribution in [-0.2, 0) is 0 Å². The van der Waals surface area contributed by atoms with Crippen molar-refractivity contribution in [2.45, 2.75) is 0 Å². The SMILES string of the molecule is [O-]C1=[N+]C=CN1. The van der Waals surface area contributed by atoms with Crippen molar-refractivity contribution in [1.29, 1.82) is 0 Å². The van der Waals surface area contributed by atoms with Crippen LogP contribution >= 0.6 is 0 Å². The fraction of sp³-hybridized carbons (Fsp3) is 0. The number of aliphatic imine (C=N–C) groups is 1. The van der Waals surface area contributed by atoms with Crippen LogP contribution < -0.4 is 15.4 Å². The van der Waals surface area contributed by atoms with Gasteiger partial charge in [0.15, 0.2) is 6.20 Å². The highest BCUT2D eigenvalue weighted by Crippen LogP contribution is 1.64. The first-order valence-corrected chi connectivity index (χ1v) is 1.56. The molecule has 0 aromatic heterocycles. The van der Waals surface area contributed by atoms with E-state index in [2.05, 4.69) is 10.3 Å². The molecule has 0 unspecified atom stereocenters. The molecule has 0 spiro atoms. The summed E-state index contributed by atoms with van der Waals surface area (Å²) in [5.74, 6) is 0. The van der Waals surface area contributed by atoms with Gasteiger partial charge < -0.3 is 5.11 Å². The van der Waals surface area contributed by atoms with E-state index < -0.39 is 0 Å². The molecule has 1 heterocycles. The molecule has 1 aliphatic rings. The van der Waals surface area contributed by atoms with Gasteiger partial charge >= 0.3 is 0 Å². The normalized spacial score (nSPS) is 17.0. The molecule has 0 saturated heterocycles. The van der Waals surface area contributed by atoms with Crippen LogP contribution in [0.25, 0.3) is 0 Å². The van der Waals surface area contributed by atoms with E-state index >= 15 is 0 Å². The Balaban J connectivity index is 2.61. The van der Waals surface area contributed by atoms with Crippen LogP contribution in [0.15, 0.2) is 12.4 Å². The number of hydrogen-bond acceptors (Lipinski definition) is 3. The Kier molecular flexibility index (Phi) is 0.538. The molecule has 0 saturated carbocycles. The minimum Gasteiger partial charge on any atom is -0.807 e. The first-order chi connectivity index (χ1) is 2.89. The smallest absolute Gasteiger partial charge is 0.268 e. The molecule has 0 bridgehead atoms. The molecule has 1 N–H and O–H groups in total. The Labute approximate surface area is 35.0 Å². The van der Waals surface area contributed by atoms with E-state index in [1.54, 1.807) is 0 Å². The van der Waals surface area contributed by atoms with Gasteiger partial charge in [0.25, 0.3) is 6.02 Å². The van der Waals surface area contributed by atoms with Crippen LogP contribution in [0.2, 0.25) is 0 Å². The number of rotatable bonds is 0. The van der Waals surface area contributed by atoms with E-state index in [0.717, 1.165) is 0 Å². The predicted octanol–water partition coefficient (Wildman–Crippen LogP) is -1.89. The Morgan fingerprint density at radius 3 is 2.83 bits per heavy atom.